The van der Waals surface area contributed by atoms with Crippen molar-refractivity contribution in [2.45, 2.75) is 23.8 Å². The number of nitrogens with zero attached hydrogens (tertiary/aromatic N) is 3. The number of fused-ring (bicyclic) bond motifs is 1. The lowest BCUT2D eigenvalue weighted by Crippen LogP contribution is -2.37. The molecule has 0 radical (unpaired) electrons. The summed E-state index contributed by atoms with van der Waals surface area (Å²) < 4.78 is 51.5. The minimum Gasteiger partial charge on any atom is -0.364 e. The summed E-state index contributed by atoms with van der Waals surface area (Å²) in [6.45, 7) is 0.730. The van der Waals surface area contributed by atoms with Gasteiger partial charge in [-0.05, 0) is 43.2 Å². The fourth-order valence-corrected chi connectivity index (χ4v) is 5.08. The van der Waals surface area contributed by atoms with Gasteiger partial charge in [-0.15, -0.1) is 4.59 Å². The van der Waals surface area contributed by atoms with Crippen LogP contribution in [0.15, 0.2) is 88.3 Å². The van der Waals surface area contributed by atoms with Gasteiger partial charge in [-0.3, -0.25) is 0 Å². The van der Waals surface area contributed by atoms with E-state index in [4.69, 9.17) is 5.14 Å². The Bertz CT molecular complexity index is 1320. The van der Waals surface area contributed by atoms with Gasteiger partial charge in [0.1, 0.15) is 17.8 Å². The summed E-state index contributed by atoms with van der Waals surface area (Å²) in [5.74, 6) is -0.862. The lowest BCUT2D eigenvalue weighted by molar-refractivity contribution is 0.323. The Labute approximate surface area is 184 Å². The second-order valence-electron chi connectivity index (χ2n) is 7.98. The zero-order chi connectivity index (χ0) is 22.5. The summed E-state index contributed by atoms with van der Waals surface area (Å²) in [7, 11) is -3.79. The van der Waals surface area contributed by atoms with E-state index in [1.165, 1.54) is 24.3 Å². The third kappa shape index (κ3) is 3.38. The third-order valence-electron chi connectivity index (χ3n) is 6.10. The van der Waals surface area contributed by atoms with E-state index in [9.17, 15) is 17.2 Å². The van der Waals surface area contributed by atoms with E-state index in [0.717, 1.165) is 42.5 Å². The number of allylic oxidation sites excluding steroid dienone is 3. The fraction of sp³-hybridized carbons (Fsp3) is 0.174. The van der Waals surface area contributed by atoms with Crippen molar-refractivity contribution in [2.75, 3.05) is 6.54 Å². The van der Waals surface area contributed by atoms with Gasteiger partial charge >= 0.3 is 0 Å². The number of likely N-dealkylation sites (tertiary alicyclic amines) is 1. The smallest absolute Gasteiger partial charge is 0.238 e. The SMILES string of the molecule is NS(=O)(=O)c1ccc([N@+]23C=CC(N4CCCC4c4cc(F)ccc4F)=CC2=CC=N3)cc1. The molecule has 1 unspecified atom stereocenters. The molecule has 3 heterocycles. The van der Waals surface area contributed by atoms with E-state index < -0.39 is 21.7 Å². The summed E-state index contributed by atoms with van der Waals surface area (Å²) in [5.41, 5.74) is 2.86. The van der Waals surface area contributed by atoms with E-state index in [2.05, 4.69) is 10.0 Å². The van der Waals surface area contributed by atoms with E-state index >= 15 is 0 Å². The number of halogens is 2. The van der Waals surface area contributed by atoms with Crippen molar-refractivity contribution >= 4 is 21.9 Å². The lowest BCUT2D eigenvalue weighted by Gasteiger charge is -2.33. The summed E-state index contributed by atoms with van der Waals surface area (Å²) >= 11 is 0. The Morgan fingerprint density at radius 2 is 1.91 bits per heavy atom. The molecule has 0 aromatic heterocycles. The Morgan fingerprint density at radius 3 is 2.66 bits per heavy atom. The van der Waals surface area contributed by atoms with Crippen LogP contribution in [-0.4, -0.2) is 26.1 Å². The van der Waals surface area contributed by atoms with Crippen molar-refractivity contribution in [3.05, 3.63) is 95.5 Å². The highest BCUT2D eigenvalue weighted by Gasteiger charge is 2.40. The van der Waals surface area contributed by atoms with Gasteiger partial charge < -0.3 is 4.90 Å². The van der Waals surface area contributed by atoms with Crippen molar-refractivity contribution in [1.29, 1.82) is 0 Å². The van der Waals surface area contributed by atoms with Crippen LogP contribution in [0, 0.1) is 11.6 Å². The van der Waals surface area contributed by atoms with Gasteiger partial charge in [0.2, 0.25) is 10.0 Å². The van der Waals surface area contributed by atoms with Gasteiger partial charge in [0, 0.05) is 48.2 Å². The average molecular weight is 456 g/mol. The minimum absolute atomic E-state index is 0.0300. The molecule has 9 heteroatoms. The van der Waals surface area contributed by atoms with Crippen LogP contribution < -0.4 is 9.73 Å². The maximum Gasteiger partial charge on any atom is 0.238 e. The summed E-state index contributed by atoms with van der Waals surface area (Å²) in [4.78, 5) is 2.12. The molecule has 1 saturated heterocycles. The molecule has 0 spiro atoms. The molecule has 2 aromatic carbocycles. The molecule has 5 rings (SSSR count). The molecule has 0 amide bonds. The number of sulfonamides is 1. The highest BCUT2D eigenvalue weighted by molar-refractivity contribution is 7.89. The lowest BCUT2D eigenvalue weighted by atomic mass is 10.0. The van der Waals surface area contributed by atoms with E-state index in [1.807, 2.05) is 24.4 Å². The fourth-order valence-electron chi connectivity index (χ4n) is 4.56. The van der Waals surface area contributed by atoms with E-state index in [-0.39, 0.29) is 15.5 Å². The molecule has 0 saturated carbocycles. The third-order valence-corrected chi connectivity index (χ3v) is 7.03. The maximum atomic E-state index is 14.5. The molecule has 2 aromatic rings. The van der Waals surface area contributed by atoms with Gasteiger partial charge in [-0.1, -0.05) is 5.10 Å². The number of benzene rings is 2. The normalized spacial score (nSPS) is 24.5. The van der Waals surface area contributed by atoms with E-state index in [0.29, 0.717) is 5.56 Å². The molecule has 32 heavy (non-hydrogen) atoms. The first-order chi connectivity index (χ1) is 15.3. The van der Waals surface area contributed by atoms with Crippen LogP contribution in [0.4, 0.5) is 14.5 Å². The standard InChI is InChI=1S/C23H21F2N4O2S/c24-16-3-8-22(25)21(14-16)23-2-1-12-28(23)17-10-13-29(19(15-17)9-11-27-29)18-4-6-20(7-5-18)32(26,30)31/h3-11,13-15,23H,1-2,12H2,(H2,26,30,31)/q+1/t23?,29-/m1/s1. The number of quaternary nitrogens is 1. The predicted molar refractivity (Wildman–Crippen MR) is 118 cm³/mol. The predicted octanol–water partition coefficient (Wildman–Crippen LogP) is 4.05. The molecule has 2 atom stereocenters. The zero-order valence-electron chi connectivity index (χ0n) is 17.0. The summed E-state index contributed by atoms with van der Waals surface area (Å²) in [5, 5.41) is 9.80. The van der Waals surface area contributed by atoms with Crippen molar-refractivity contribution in [1.82, 2.24) is 9.49 Å². The highest BCUT2D eigenvalue weighted by atomic mass is 32.2. The average Bonchev–Trinajstić information content (AvgIpc) is 3.42. The summed E-state index contributed by atoms with van der Waals surface area (Å²) in [6, 6.07) is 9.60. The number of hydrogen-bond donors (Lipinski definition) is 1. The zero-order valence-corrected chi connectivity index (χ0v) is 17.8. The van der Waals surface area contributed by atoms with E-state index in [1.54, 1.807) is 18.3 Å². The van der Waals surface area contributed by atoms with Crippen molar-refractivity contribution in [3.63, 3.8) is 0 Å². The molecule has 0 bridgehead atoms. The molecule has 3 aliphatic rings. The van der Waals surface area contributed by atoms with Crippen molar-refractivity contribution in [3.8, 4) is 0 Å². The number of nitrogens with two attached hydrogens (primary N) is 1. The molecule has 6 nitrogen and oxygen atoms in total. The van der Waals surface area contributed by atoms with Crippen molar-refractivity contribution < 1.29 is 17.2 Å². The molecule has 0 aliphatic carbocycles. The van der Waals surface area contributed by atoms with Crippen LogP contribution in [-0.2, 0) is 10.0 Å². The van der Waals surface area contributed by atoms with Crippen LogP contribution in [0.1, 0.15) is 24.4 Å². The first-order valence-corrected chi connectivity index (χ1v) is 11.7. The van der Waals surface area contributed by atoms with Crippen LogP contribution in [0.25, 0.3) is 0 Å². The molecular weight excluding hydrogens is 434 g/mol. The Morgan fingerprint density at radius 1 is 1.12 bits per heavy atom. The Balaban J connectivity index is 1.47. The van der Waals surface area contributed by atoms with Crippen LogP contribution in [0.3, 0.4) is 0 Å². The largest absolute Gasteiger partial charge is 0.364 e. The molecular formula is C23H21F2N4O2S+. The molecule has 3 aliphatic heterocycles. The van der Waals surface area contributed by atoms with Crippen LogP contribution >= 0.6 is 0 Å². The van der Waals surface area contributed by atoms with Gasteiger partial charge in [0.25, 0.3) is 0 Å². The summed E-state index contributed by atoms with van der Waals surface area (Å²) in [6.07, 6.45) is 11.0. The quantitative estimate of drug-likeness (QED) is 0.707. The van der Waals surface area contributed by atoms with Gasteiger partial charge in [-0.2, -0.15) is 0 Å². The molecule has 2 N–H and O–H groups in total. The Hall–Kier alpha value is -3.14. The van der Waals surface area contributed by atoms with Crippen LogP contribution in [0.2, 0.25) is 0 Å². The minimum atomic E-state index is -3.79. The number of rotatable bonds is 4. The number of primary sulfonamides is 1. The monoisotopic (exact) mass is 455 g/mol. The highest BCUT2D eigenvalue weighted by Crippen LogP contribution is 2.42. The first-order valence-electron chi connectivity index (χ1n) is 10.2. The second kappa shape index (κ2) is 7.47. The second-order valence-corrected chi connectivity index (χ2v) is 9.54. The topological polar surface area (TPSA) is 75.8 Å². The van der Waals surface area contributed by atoms with Crippen molar-refractivity contribution in [2.24, 2.45) is 10.2 Å². The maximum absolute atomic E-state index is 14.5. The first kappa shape index (κ1) is 20.7. The van der Waals surface area contributed by atoms with Gasteiger partial charge in [0.15, 0.2) is 11.4 Å². The van der Waals surface area contributed by atoms with Crippen LogP contribution in [0.5, 0.6) is 0 Å². The molecule has 164 valence electrons. The number of hydrogen-bond acceptors (Lipinski definition) is 4. The molecule has 1 fully saturated rings. The van der Waals surface area contributed by atoms with Gasteiger partial charge in [-0.25, -0.2) is 22.3 Å². The van der Waals surface area contributed by atoms with Gasteiger partial charge in [0.05, 0.1) is 17.2 Å². The Kier molecular flexibility index (Phi) is 4.85.